The zero-order chi connectivity index (χ0) is 21.6. The summed E-state index contributed by atoms with van der Waals surface area (Å²) >= 11 is 0. The molecule has 31 heavy (non-hydrogen) atoms. The molecule has 2 amide bonds. The van der Waals surface area contributed by atoms with Crippen molar-refractivity contribution in [1.82, 2.24) is 5.32 Å². The number of benzene rings is 2. The molecule has 164 valence electrons. The molecule has 4 aliphatic rings. The third-order valence-corrected chi connectivity index (χ3v) is 8.06. The number of rotatable bonds is 6. The van der Waals surface area contributed by atoms with Gasteiger partial charge in [-0.3, -0.25) is 9.59 Å². The summed E-state index contributed by atoms with van der Waals surface area (Å²) in [6, 6.07) is 13.7. The van der Waals surface area contributed by atoms with Gasteiger partial charge in [-0.25, -0.2) is 0 Å². The lowest BCUT2D eigenvalue weighted by atomic mass is 9.53. The topological polar surface area (TPSA) is 62.6 Å². The van der Waals surface area contributed by atoms with Crippen LogP contribution in [0.3, 0.4) is 0 Å². The SMILES string of the molecule is C[C@@H](C(=O)NC12CC3CC(CC(C3)C1)C2)[NH+](C)CC(=O)Nc1cccc2ccccc12. The number of fused-ring (bicyclic) bond motifs is 1. The molecule has 4 fully saturated rings. The highest BCUT2D eigenvalue weighted by molar-refractivity contribution is 6.02. The Kier molecular flexibility index (Phi) is 5.25. The summed E-state index contributed by atoms with van der Waals surface area (Å²) in [5.74, 6) is 2.44. The van der Waals surface area contributed by atoms with Crippen molar-refractivity contribution in [2.24, 2.45) is 17.8 Å². The third kappa shape index (κ3) is 4.08. The van der Waals surface area contributed by atoms with E-state index in [2.05, 4.69) is 10.6 Å². The second-order valence-electron chi connectivity index (χ2n) is 10.5. The molecule has 2 aromatic rings. The van der Waals surface area contributed by atoms with E-state index in [0.29, 0.717) is 0 Å². The molecular weight excluding hydrogens is 386 g/mol. The molecule has 4 bridgehead atoms. The van der Waals surface area contributed by atoms with Gasteiger partial charge in [0.2, 0.25) is 0 Å². The molecule has 4 aliphatic carbocycles. The fraction of sp³-hybridized carbons (Fsp3) is 0.538. The van der Waals surface area contributed by atoms with E-state index >= 15 is 0 Å². The normalized spacial score (nSPS) is 30.7. The van der Waals surface area contributed by atoms with E-state index in [-0.39, 0.29) is 29.9 Å². The standard InChI is InChI=1S/C26H33N3O2/c1-17(25(31)28-26-13-18-10-19(14-26)12-20(11-18)15-26)29(2)16-24(30)27-23-9-5-7-21-6-3-4-8-22(21)23/h3-9,17-20H,10-16H2,1-2H3,(H,27,30)(H,28,31)/p+1/t17-,18?,19?,20?,26?/m0/s1. The van der Waals surface area contributed by atoms with E-state index in [1.807, 2.05) is 56.4 Å². The number of nitrogens with one attached hydrogen (secondary N) is 3. The molecule has 5 nitrogen and oxygen atoms in total. The van der Waals surface area contributed by atoms with E-state index in [9.17, 15) is 9.59 Å². The van der Waals surface area contributed by atoms with Crippen LogP contribution in [0.15, 0.2) is 42.5 Å². The zero-order valence-electron chi connectivity index (χ0n) is 18.6. The van der Waals surface area contributed by atoms with Crippen molar-refractivity contribution in [2.75, 3.05) is 18.9 Å². The first-order chi connectivity index (χ1) is 14.9. The Morgan fingerprint density at radius 1 is 1.00 bits per heavy atom. The van der Waals surface area contributed by atoms with Crippen molar-refractivity contribution < 1.29 is 14.5 Å². The predicted octanol–water partition coefficient (Wildman–Crippen LogP) is 2.77. The zero-order valence-corrected chi connectivity index (χ0v) is 18.6. The van der Waals surface area contributed by atoms with Gasteiger partial charge in [-0.05, 0) is 74.7 Å². The Bertz CT molecular complexity index is 961. The van der Waals surface area contributed by atoms with Gasteiger partial charge >= 0.3 is 0 Å². The highest BCUT2D eigenvalue weighted by Gasteiger charge is 2.52. The van der Waals surface area contributed by atoms with Gasteiger partial charge in [-0.2, -0.15) is 0 Å². The number of carbonyl (C=O) groups excluding carboxylic acids is 2. The lowest BCUT2D eigenvalue weighted by molar-refractivity contribution is -0.885. The van der Waals surface area contributed by atoms with Crippen LogP contribution in [0, 0.1) is 17.8 Å². The monoisotopic (exact) mass is 420 g/mol. The van der Waals surface area contributed by atoms with Crippen LogP contribution in [0.5, 0.6) is 0 Å². The molecular formula is C26H34N3O2+. The van der Waals surface area contributed by atoms with Crippen LogP contribution in [0.25, 0.3) is 10.8 Å². The molecule has 1 unspecified atom stereocenters. The van der Waals surface area contributed by atoms with Gasteiger partial charge < -0.3 is 15.5 Å². The summed E-state index contributed by atoms with van der Waals surface area (Å²) in [5, 5.41) is 8.64. The van der Waals surface area contributed by atoms with Gasteiger partial charge in [0.15, 0.2) is 12.6 Å². The average molecular weight is 421 g/mol. The van der Waals surface area contributed by atoms with E-state index in [1.165, 1.54) is 19.3 Å². The number of hydrogen-bond donors (Lipinski definition) is 3. The number of anilines is 1. The minimum atomic E-state index is -0.258. The van der Waals surface area contributed by atoms with Crippen LogP contribution in [0.2, 0.25) is 0 Å². The lowest BCUT2D eigenvalue weighted by Crippen LogP contribution is -3.15. The van der Waals surface area contributed by atoms with Gasteiger partial charge in [-0.1, -0.05) is 36.4 Å². The highest BCUT2D eigenvalue weighted by atomic mass is 16.2. The maximum absolute atomic E-state index is 13.1. The number of carbonyl (C=O) groups is 2. The fourth-order valence-electron chi connectivity index (χ4n) is 6.79. The van der Waals surface area contributed by atoms with E-state index < -0.39 is 0 Å². The Morgan fingerprint density at radius 2 is 1.61 bits per heavy atom. The van der Waals surface area contributed by atoms with Crippen molar-refractivity contribution >= 4 is 28.3 Å². The number of quaternary nitrogens is 1. The number of amides is 2. The Hall–Kier alpha value is -2.40. The van der Waals surface area contributed by atoms with Crippen LogP contribution in [-0.2, 0) is 9.59 Å². The first-order valence-electron chi connectivity index (χ1n) is 11.8. The predicted molar refractivity (Wildman–Crippen MR) is 123 cm³/mol. The first-order valence-corrected chi connectivity index (χ1v) is 11.8. The second kappa shape index (κ2) is 7.94. The molecule has 0 saturated heterocycles. The molecule has 0 radical (unpaired) electrons. The molecule has 6 rings (SSSR count). The summed E-state index contributed by atoms with van der Waals surface area (Å²) in [6.45, 7) is 2.20. The summed E-state index contributed by atoms with van der Waals surface area (Å²) in [5.41, 5.74) is 0.840. The molecule has 0 aliphatic heterocycles. The molecule has 3 N–H and O–H groups in total. The Morgan fingerprint density at radius 3 is 2.29 bits per heavy atom. The molecule has 2 aromatic carbocycles. The third-order valence-electron chi connectivity index (χ3n) is 8.06. The Labute approximate surface area is 184 Å². The van der Waals surface area contributed by atoms with Crippen molar-refractivity contribution in [3.05, 3.63) is 42.5 Å². The molecule has 4 saturated carbocycles. The van der Waals surface area contributed by atoms with Crippen molar-refractivity contribution in [3.63, 3.8) is 0 Å². The largest absolute Gasteiger partial charge is 0.345 e. The summed E-state index contributed by atoms with van der Waals surface area (Å²) in [4.78, 5) is 26.8. The average Bonchev–Trinajstić information content (AvgIpc) is 2.72. The van der Waals surface area contributed by atoms with Crippen LogP contribution in [0.1, 0.15) is 45.4 Å². The van der Waals surface area contributed by atoms with E-state index in [4.69, 9.17) is 0 Å². The molecule has 0 heterocycles. The number of hydrogen-bond acceptors (Lipinski definition) is 2. The minimum absolute atomic E-state index is 0.0194. The summed E-state index contributed by atoms with van der Waals surface area (Å²) in [7, 11) is 1.94. The van der Waals surface area contributed by atoms with Crippen LogP contribution >= 0.6 is 0 Å². The van der Waals surface area contributed by atoms with Crippen LogP contribution < -0.4 is 15.5 Å². The van der Waals surface area contributed by atoms with Gasteiger partial charge in [0, 0.05) is 16.6 Å². The molecule has 5 heteroatoms. The van der Waals surface area contributed by atoms with E-state index in [0.717, 1.165) is 58.4 Å². The molecule has 0 spiro atoms. The van der Waals surface area contributed by atoms with Gasteiger partial charge in [0.05, 0.1) is 7.05 Å². The highest BCUT2D eigenvalue weighted by Crippen LogP contribution is 2.55. The van der Waals surface area contributed by atoms with E-state index in [1.54, 1.807) is 0 Å². The fourth-order valence-corrected chi connectivity index (χ4v) is 6.79. The maximum atomic E-state index is 13.1. The van der Waals surface area contributed by atoms with Crippen molar-refractivity contribution in [1.29, 1.82) is 0 Å². The van der Waals surface area contributed by atoms with Crippen LogP contribution in [0.4, 0.5) is 5.69 Å². The molecule has 2 atom stereocenters. The first kappa shape index (κ1) is 20.5. The number of likely N-dealkylation sites (N-methyl/N-ethyl adjacent to an activating group) is 1. The van der Waals surface area contributed by atoms with Crippen molar-refractivity contribution in [2.45, 2.75) is 57.0 Å². The van der Waals surface area contributed by atoms with Crippen LogP contribution in [-0.4, -0.2) is 37.0 Å². The quantitative estimate of drug-likeness (QED) is 0.673. The van der Waals surface area contributed by atoms with Crippen molar-refractivity contribution in [3.8, 4) is 0 Å². The van der Waals surface area contributed by atoms with Gasteiger partial charge in [0.1, 0.15) is 0 Å². The second-order valence-corrected chi connectivity index (χ2v) is 10.5. The van der Waals surface area contributed by atoms with Gasteiger partial charge in [0.25, 0.3) is 11.8 Å². The maximum Gasteiger partial charge on any atom is 0.279 e. The summed E-state index contributed by atoms with van der Waals surface area (Å²) < 4.78 is 0. The van der Waals surface area contributed by atoms with Gasteiger partial charge in [-0.15, -0.1) is 0 Å². The lowest BCUT2D eigenvalue weighted by Gasteiger charge is -2.57. The molecule has 0 aromatic heterocycles. The smallest absolute Gasteiger partial charge is 0.279 e. The minimum Gasteiger partial charge on any atom is -0.345 e. The summed E-state index contributed by atoms with van der Waals surface area (Å²) in [6.07, 6.45) is 7.55. The Balaban J connectivity index is 1.19.